The third-order valence-electron chi connectivity index (χ3n) is 4.97. The number of hydrogen-bond acceptors (Lipinski definition) is 4. The molecule has 4 rings (SSSR count). The van der Waals surface area contributed by atoms with Crippen molar-refractivity contribution < 1.29 is 9.53 Å². The average molecular weight is 429 g/mol. The molecule has 0 aliphatic rings. The molecular weight excluding hydrogens is 404 g/mol. The SMILES string of the molecule is CCOc1ccc(-c2csc(NC(=O)c3ccccc3CCc3ccccc3)n2)cc1. The van der Waals surface area contributed by atoms with E-state index in [1.165, 1.54) is 16.9 Å². The first-order valence-electron chi connectivity index (χ1n) is 10.3. The van der Waals surface area contributed by atoms with E-state index in [2.05, 4.69) is 22.4 Å². The molecule has 0 saturated heterocycles. The molecule has 1 amide bonds. The number of thiazole rings is 1. The van der Waals surface area contributed by atoms with Crippen molar-refractivity contribution in [2.24, 2.45) is 0 Å². The van der Waals surface area contributed by atoms with Crippen LogP contribution in [-0.2, 0) is 12.8 Å². The van der Waals surface area contributed by atoms with Crippen LogP contribution in [0, 0.1) is 0 Å². The Labute approximate surface area is 186 Å². The van der Waals surface area contributed by atoms with Crippen molar-refractivity contribution in [1.82, 2.24) is 4.98 Å². The number of hydrogen-bond donors (Lipinski definition) is 1. The highest BCUT2D eigenvalue weighted by atomic mass is 32.1. The second-order valence-electron chi connectivity index (χ2n) is 7.09. The Morgan fingerprint density at radius 2 is 1.68 bits per heavy atom. The summed E-state index contributed by atoms with van der Waals surface area (Å²) in [6.07, 6.45) is 1.70. The molecule has 0 saturated carbocycles. The van der Waals surface area contributed by atoms with Gasteiger partial charge in [-0.15, -0.1) is 11.3 Å². The lowest BCUT2D eigenvalue weighted by Gasteiger charge is -2.09. The number of anilines is 1. The van der Waals surface area contributed by atoms with Crippen LogP contribution in [0.15, 0.2) is 84.2 Å². The van der Waals surface area contributed by atoms with E-state index in [0.29, 0.717) is 17.3 Å². The predicted octanol–water partition coefficient (Wildman–Crippen LogP) is 6.25. The molecule has 1 N–H and O–H groups in total. The van der Waals surface area contributed by atoms with Gasteiger partial charge in [0.15, 0.2) is 5.13 Å². The molecule has 0 aliphatic carbocycles. The number of carbonyl (C=O) groups excluding carboxylic acids is 1. The van der Waals surface area contributed by atoms with Gasteiger partial charge in [0, 0.05) is 16.5 Å². The molecule has 3 aromatic carbocycles. The van der Waals surface area contributed by atoms with Gasteiger partial charge in [-0.3, -0.25) is 10.1 Å². The van der Waals surface area contributed by atoms with Crippen molar-refractivity contribution in [3.8, 4) is 17.0 Å². The smallest absolute Gasteiger partial charge is 0.257 e. The van der Waals surface area contributed by atoms with Gasteiger partial charge in [0.1, 0.15) is 5.75 Å². The predicted molar refractivity (Wildman–Crippen MR) is 127 cm³/mol. The van der Waals surface area contributed by atoms with Gasteiger partial charge in [-0.25, -0.2) is 4.98 Å². The first kappa shape index (κ1) is 20.8. The number of aromatic nitrogens is 1. The Morgan fingerprint density at radius 1 is 0.935 bits per heavy atom. The number of carbonyl (C=O) groups is 1. The zero-order chi connectivity index (χ0) is 21.5. The topological polar surface area (TPSA) is 51.2 Å². The van der Waals surface area contributed by atoms with Crippen LogP contribution in [0.25, 0.3) is 11.3 Å². The van der Waals surface area contributed by atoms with E-state index >= 15 is 0 Å². The van der Waals surface area contributed by atoms with Gasteiger partial charge >= 0.3 is 0 Å². The minimum absolute atomic E-state index is 0.128. The van der Waals surface area contributed by atoms with E-state index in [1.54, 1.807) is 0 Å². The van der Waals surface area contributed by atoms with Gasteiger partial charge in [0.25, 0.3) is 5.91 Å². The van der Waals surface area contributed by atoms with Crippen molar-refractivity contribution in [2.45, 2.75) is 19.8 Å². The number of nitrogens with zero attached hydrogens (tertiary/aromatic N) is 1. The molecule has 1 heterocycles. The van der Waals surface area contributed by atoms with Crippen LogP contribution in [0.2, 0.25) is 0 Å². The van der Waals surface area contributed by atoms with Gasteiger partial charge in [-0.1, -0.05) is 48.5 Å². The number of rotatable bonds is 8. The van der Waals surface area contributed by atoms with Crippen LogP contribution in [0.3, 0.4) is 0 Å². The lowest BCUT2D eigenvalue weighted by Crippen LogP contribution is -2.14. The third kappa shape index (κ3) is 5.38. The third-order valence-corrected chi connectivity index (χ3v) is 5.73. The summed E-state index contributed by atoms with van der Waals surface area (Å²) in [5.74, 6) is 0.707. The highest BCUT2D eigenvalue weighted by Crippen LogP contribution is 2.27. The van der Waals surface area contributed by atoms with Crippen LogP contribution in [0.4, 0.5) is 5.13 Å². The maximum absolute atomic E-state index is 12.9. The standard InChI is InChI=1S/C26H24N2O2S/c1-2-30-22-16-14-21(15-17-22)24-18-31-26(27-24)28-25(29)23-11-7-6-10-20(23)13-12-19-8-4-3-5-9-19/h3-11,14-18H,2,12-13H2,1H3,(H,27,28,29). The molecule has 0 radical (unpaired) electrons. The van der Waals surface area contributed by atoms with Gasteiger partial charge in [-0.2, -0.15) is 0 Å². The summed E-state index contributed by atoms with van der Waals surface area (Å²) >= 11 is 1.42. The lowest BCUT2D eigenvalue weighted by atomic mass is 9.99. The number of ether oxygens (including phenoxy) is 1. The van der Waals surface area contributed by atoms with Crippen molar-refractivity contribution >= 4 is 22.4 Å². The molecule has 5 heteroatoms. The van der Waals surface area contributed by atoms with E-state index in [9.17, 15) is 4.79 Å². The summed E-state index contributed by atoms with van der Waals surface area (Å²) in [7, 11) is 0. The summed E-state index contributed by atoms with van der Waals surface area (Å²) in [6, 6.07) is 25.9. The van der Waals surface area contributed by atoms with Crippen molar-refractivity contribution in [3.05, 3.63) is 101 Å². The molecule has 1 aromatic heterocycles. The number of aryl methyl sites for hydroxylation is 2. The lowest BCUT2D eigenvalue weighted by molar-refractivity contribution is 0.102. The van der Waals surface area contributed by atoms with E-state index in [-0.39, 0.29) is 5.91 Å². The molecule has 0 unspecified atom stereocenters. The molecule has 4 aromatic rings. The van der Waals surface area contributed by atoms with Crippen LogP contribution < -0.4 is 10.1 Å². The second-order valence-corrected chi connectivity index (χ2v) is 7.95. The van der Waals surface area contributed by atoms with Crippen molar-refractivity contribution in [2.75, 3.05) is 11.9 Å². The fourth-order valence-corrected chi connectivity index (χ4v) is 4.12. The zero-order valence-corrected chi connectivity index (χ0v) is 18.2. The summed E-state index contributed by atoms with van der Waals surface area (Å²) in [5.41, 5.74) is 4.81. The Balaban J connectivity index is 1.44. The molecule has 31 heavy (non-hydrogen) atoms. The number of nitrogens with one attached hydrogen (secondary N) is 1. The van der Waals surface area contributed by atoms with E-state index in [1.807, 2.05) is 79.0 Å². The Hall–Kier alpha value is -3.44. The Bertz CT molecular complexity index is 1140. The van der Waals surface area contributed by atoms with Crippen LogP contribution >= 0.6 is 11.3 Å². The maximum Gasteiger partial charge on any atom is 0.257 e. The number of amides is 1. The average Bonchev–Trinajstić information content (AvgIpc) is 3.28. The normalized spacial score (nSPS) is 10.6. The second kappa shape index (κ2) is 10.0. The van der Waals surface area contributed by atoms with Gasteiger partial charge in [0.2, 0.25) is 0 Å². The summed E-state index contributed by atoms with van der Waals surface area (Å²) < 4.78 is 5.49. The summed E-state index contributed by atoms with van der Waals surface area (Å²) in [4.78, 5) is 17.5. The molecule has 156 valence electrons. The molecule has 4 nitrogen and oxygen atoms in total. The van der Waals surface area contributed by atoms with Crippen LogP contribution in [0.1, 0.15) is 28.4 Å². The Morgan fingerprint density at radius 3 is 2.45 bits per heavy atom. The monoisotopic (exact) mass is 428 g/mol. The van der Waals surface area contributed by atoms with Crippen LogP contribution in [0.5, 0.6) is 5.75 Å². The quantitative estimate of drug-likeness (QED) is 0.361. The molecule has 0 fully saturated rings. The maximum atomic E-state index is 12.9. The first-order valence-corrected chi connectivity index (χ1v) is 11.2. The van der Waals surface area contributed by atoms with Crippen LogP contribution in [-0.4, -0.2) is 17.5 Å². The van der Waals surface area contributed by atoms with Crippen molar-refractivity contribution in [1.29, 1.82) is 0 Å². The fourth-order valence-electron chi connectivity index (χ4n) is 3.40. The van der Waals surface area contributed by atoms with E-state index in [4.69, 9.17) is 4.74 Å². The van der Waals surface area contributed by atoms with Gasteiger partial charge in [-0.05, 0) is 61.2 Å². The van der Waals surface area contributed by atoms with Crippen molar-refractivity contribution in [3.63, 3.8) is 0 Å². The van der Waals surface area contributed by atoms with E-state index < -0.39 is 0 Å². The summed E-state index contributed by atoms with van der Waals surface area (Å²) in [5, 5.41) is 5.50. The highest BCUT2D eigenvalue weighted by molar-refractivity contribution is 7.14. The largest absolute Gasteiger partial charge is 0.494 e. The molecule has 0 aliphatic heterocycles. The van der Waals surface area contributed by atoms with Gasteiger partial charge in [0.05, 0.1) is 12.3 Å². The zero-order valence-electron chi connectivity index (χ0n) is 17.4. The minimum Gasteiger partial charge on any atom is -0.494 e. The first-order chi connectivity index (χ1) is 15.2. The Kier molecular flexibility index (Phi) is 6.75. The van der Waals surface area contributed by atoms with Gasteiger partial charge < -0.3 is 4.74 Å². The minimum atomic E-state index is -0.128. The molecule has 0 bridgehead atoms. The molecule has 0 atom stereocenters. The molecule has 0 spiro atoms. The number of benzene rings is 3. The highest BCUT2D eigenvalue weighted by Gasteiger charge is 2.13. The molecular formula is C26H24N2O2S. The van der Waals surface area contributed by atoms with E-state index in [0.717, 1.165) is 35.4 Å². The fraction of sp³-hybridized carbons (Fsp3) is 0.154. The summed E-state index contributed by atoms with van der Waals surface area (Å²) in [6.45, 7) is 2.60.